The van der Waals surface area contributed by atoms with Gasteiger partial charge in [-0.1, -0.05) is 60.9 Å². The van der Waals surface area contributed by atoms with Crippen molar-refractivity contribution in [1.29, 1.82) is 0 Å². The van der Waals surface area contributed by atoms with Crippen LogP contribution in [0.1, 0.15) is 77.8 Å². The molecule has 2 heteroatoms. The van der Waals surface area contributed by atoms with Crippen LogP contribution in [-0.2, 0) is 12.8 Å². The van der Waals surface area contributed by atoms with Gasteiger partial charge in [-0.25, -0.2) is 0 Å². The van der Waals surface area contributed by atoms with E-state index >= 15 is 0 Å². The van der Waals surface area contributed by atoms with Crippen molar-refractivity contribution in [3.63, 3.8) is 0 Å². The van der Waals surface area contributed by atoms with E-state index in [2.05, 4.69) is 65.0 Å². The van der Waals surface area contributed by atoms with Crippen molar-refractivity contribution < 1.29 is 10.2 Å². The number of fused-ring (bicyclic) bond motifs is 2. The number of phenolic OH excluding ortho intramolecular Hbond substituents is 2. The van der Waals surface area contributed by atoms with E-state index in [0.29, 0.717) is 5.92 Å². The Morgan fingerprint density at radius 1 is 0.697 bits per heavy atom. The Morgan fingerprint density at radius 2 is 1.21 bits per heavy atom. The van der Waals surface area contributed by atoms with Gasteiger partial charge in [0.15, 0.2) is 0 Å². The number of hydrogen-bond acceptors (Lipinski definition) is 2. The molecular weight excluding hydrogens is 404 g/mol. The highest BCUT2D eigenvalue weighted by Gasteiger charge is 2.14. The van der Waals surface area contributed by atoms with Crippen molar-refractivity contribution in [1.82, 2.24) is 0 Å². The van der Waals surface area contributed by atoms with Crippen LogP contribution in [0.15, 0.2) is 59.7 Å². The number of benzene rings is 3. The highest BCUT2D eigenvalue weighted by Crippen LogP contribution is 2.42. The zero-order valence-corrected chi connectivity index (χ0v) is 21.0. The van der Waals surface area contributed by atoms with Gasteiger partial charge >= 0.3 is 0 Å². The maximum absolute atomic E-state index is 11.0. The van der Waals surface area contributed by atoms with Crippen LogP contribution in [0.2, 0.25) is 0 Å². The summed E-state index contributed by atoms with van der Waals surface area (Å²) in [5, 5.41) is 24.9. The number of allylic oxidation sites excluding steroid dienone is 4. The predicted octanol–water partition coefficient (Wildman–Crippen LogP) is 9.01. The van der Waals surface area contributed by atoms with Crippen LogP contribution in [0.25, 0.3) is 21.5 Å². The number of phenols is 2. The molecule has 2 N–H and O–H groups in total. The molecule has 1 atom stereocenters. The van der Waals surface area contributed by atoms with Gasteiger partial charge in [0.25, 0.3) is 0 Å². The Balaban J connectivity index is 1.76. The van der Waals surface area contributed by atoms with E-state index in [1.54, 1.807) is 0 Å². The minimum Gasteiger partial charge on any atom is -0.507 e. The molecule has 0 aliphatic heterocycles. The maximum Gasteiger partial charge on any atom is 0.131 e. The second kappa shape index (κ2) is 11.4. The molecule has 0 amide bonds. The molecule has 0 bridgehead atoms. The molecule has 0 fully saturated rings. The summed E-state index contributed by atoms with van der Waals surface area (Å²) >= 11 is 0. The first-order valence-corrected chi connectivity index (χ1v) is 12.4. The standard InChI is InChI=1S/C31H40O2/c1-21(2)9-6-11-23(5)12-8-14-25-16-18-27-29(20-25)31(33)26-17-15-24(13-7-10-22(3)4)19-28(26)30(27)32/h9-10,15-20,23,32-33H,6-8,11-14H2,1-5H3. The zero-order valence-electron chi connectivity index (χ0n) is 21.0. The fourth-order valence-electron chi connectivity index (χ4n) is 4.57. The third-order valence-corrected chi connectivity index (χ3v) is 6.55. The third kappa shape index (κ3) is 6.63. The minimum atomic E-state index is 0.265. The summed E-state index contributed by atoms with van der Waals surface area (Å²) in [5.41, 5.74) is 5.10. The van der Waals surface area contributed by atoms with Gasteiger partial charge in [-0.3, -0.25) is 0 Å². The van der Waals surface area contributed by atoms with Crippen LogP contribution in [0, 0.1) is 5.92 Å². The first kappa shape index (κ1) is 24.9. The van der Waals surface area contributed by atoms with E-state index in [1.807, 2.05) is 18.2 Å². The first-order chi connectivity index (χ1) is 15.8. The zero-order chi connectivity index (χ0) is 24.0. The molecular formula is C31H40O2. The lowest BCUT2D eigenvalue weighted by Crippen LogP contribution is -1.96. The molecule has 0 aliphatic rings. The van der Waals surface area contributed by atoms with Crippen LogP contribution in [-0.4, -0.2) is 10.2 Å². The minimum absolute atomic E-state index is 0.265. The van der Waals surface area contributed by atoms with Gasteiger partial charge in [0.1, 0.15) is 11.5 Å². The number of aromatic hydroxyl groups is 2. The average molecular weight is 445 g/mol. The van der Waals surface area contributed by atoms with Crippen molar-refractivity contribution in [2.75, 3.05) is 0 Å². The summed E-state index contributed by atoms with van der Waals surface area (Å²) in [5.74, 6) is 1.25. The van der Waals surface area contributed by atoms with E-state index in [1.165, 1.54) is 35.1 Å². The summed E-state index contributed by atoms with van der Waals surface area (Å²) in [7, 11) is 0. The topological polar surface area (TPSA) is 40.5 Å². The molecule has 0 radical (unpaired) electrons. The van der Waals surface area contributed by atoms with Gasteiger partial charge in [-0.2, -0.15) is 0 Å². The van der Waals surface area contributed by atoms with Crippen molar-refractivity contribution in [3.8, 4) is 11.5 Å². The molecule has 3 aromatic carbocycles. The molecule has 1 unspecified atom stereocenters. The lowest BCUT2D eigenvalue weighted by Gasteiger charge is -2.13. The van der Waals surface area contributed by atoms with E-state index in [9.17, 15) is 10.2 Å². The van der Waals surface area contributed by atoms with Gasteiger partial charge in [0.05, 0.1) is 0 Å². The summed E-state index contributed by atoms with van der Waals surface area (Å²) in [4.78, 5) is 0. The van der Waals surface area contributed by atoms with E-state index in [0.717, 1.165) is 53.6 Å². The van der Waals surface area contributed by atoms with E-state index in [4.69, 9.17) is 0 Å². The van der Waals surface area contributed by atoms with Gasteiger partial charge < -0.3 is 10.2 Å². The molecule has 3 aromatic rings. The molecule has 33 heavy (non-hydrogen) atoms. The van der Waals surface area contributed by atoms with Crippen molar-refractivity contribution >= 4 is 21.5 Å². The van der Waals surface area contributed by atoms with Crippen LogP contribution in [0.5, 0.6) is 11.5 Å². The van der Waals surface area contributed by atoms with Crippen molar-refractivity contribution in [3.05, 3.63) is 70.8 Å². The number of hydrogen-bond donors (Lipinski definition) is 2. The van der Waals surface area contributed by atoms with Crippen LogP contribution in [0.4, 0.5) is 0 Å². The summed E-state index contributed by atoms with van der Waals surface area (Å²) in [6.45, 7) is 10.9. The summed E-state index contributed by atoms with van der Waals surface area (Å²) in [6, 6.07) is 12.1. The fourth-order valence-corrected chi connectivity index (χ4v) is 4.57. The molecule has 0 aromatic heterocycles. The fraction of sp³-hybridized carbons (Fsp3) is 0.419. The van der Waals surface area contributed by atoms with Gasteiger partial charge in [-0.15, -0.1) is 0 Å². The smallest absolute Gasteiger partial charge is 0.131 e. The maximum atomic E-state index is 11.0. The highest BCUT2D eigenvalue weighted by atomic mass is 16.3. The van der Waals surface area contributed by atoms with E-state index < -0.39 is 0 Å². The van der Waals surface area contributed by atoms with Crippen LogP contribution < -0.4 is 0 Å². The van der Waals surface area contributed by atoms with Crippen molar-refractivity contribution in [2.45, 2.75) is 79.6 Å². The molecule has 0 heterocycles. The quantitative estimate of drug-likeness (QED) is 0.186. The Morgan fingerprint density at radius 3 is 1.76 bits per heavy atom. The normalized spacial score (nSPS) is 12.2. The third-order valence-electron chi connectivity index (χ3n) is 6.55. The second-order valence-corrected chi connectivity index (χ2v) is 10.1. The second-order valence-electron chi connectivity index (χ2n) is 10.1. The Hall–Kier alpha value is -2.74. The van der Waals surface area contributed by atoms with Gasteiger partial charge in [0.2, 0.25) is 0 Å². The molecule has 0 saturated carbocycles. The lowest BCUT2D eigenvalue weighted by molar-refractivity contribution is 0.477. The number of aryl methyl sites for hydroxylation is 2. The monoisotopic (exact) mass is 444 g/mol. The summed E-state index contributed by atoms with van der Waals surface area (Å²) < 4.78 is 0. The van der Waals surface area contributed by atoms with Gasteiger partial charge in [0, 0.05) is 21.5 Å². The van der Waals surface area contributed by atoms with E-state index in [-0.39, 0.29) is 11.5 Å². The molecule has 0 saturated heterocycles. The largest absolute Gasteiger partial charge is 0.507 e. The average Bonchev–Trinajstić information content (AvgIpc) is 2.77. The molecule has 3 rings (SSSR count). The van der Waals surface area contributed by atoms with Gasteiger partial charge in [-0.05, 0) is 95.4 Å². The molecule has 2 nitrogen and oxygen atoms in total. The lowest BCUT2D eigenvalue weighted by atomic mass is 9.94. The Bertz CT molecular complexity index is 1160. The summed E-state index contributed by atoms with van der Waals surface area (Å²) in [6.07, 6.45) is 12.2. The molecule has 176 valence electrons. The first-order valence-electron chi connectivity index (χ1n) is 12.4. The molecule has 0 spiro atoms. The van der Waals surface area contributed by atoms with Crippen LogP contribution >= 0.6 is 0 Å². The Kier molecular flexibility index (Phi) is 8.61. The molecule has 0 aliphatic carbocycles. The predicted molar refractivity (Wildman–Crippen MR) is 143 cm³/mol. The number of rotatable bonds is 10. The Labute approximate surface area is 199 Å². The SMILES string of the molecule is CC(C)=CCCc1ccc2c(O)c3cc(CCCC(C)CCC=C(C)C)ccc3c(O)c2c1. The highest BCUT2D eigenvalue weighted by molar-refractivity contribution is 6.10. The van der Waals surface area contributed by atoms with Crippen LogP contribution in [0.3, 0.4) is 0 Å². The van der Waals surface area contributed by atoms with Crippen molar-refractivity contribution in [2.24, 2.45) is 5.92 Å².